The van der Waals surface area contributed by atoms with Gasteiger partial charge in [0, 0.05) is 46.3 Å². The lowest BCUT2D eigenvalue weighted by Gasteiger charge is -2.15. The Hall–Kier alpha value is -0.500. The summed E-state index contributed by atoms with van der Waals surface area (Å²) in [5.74, 6) is 1.11. The van der Waals surface area contributed by atoms with E-state index < -0.39 is 11.9 Å². The number of esters is 2. The van der Waals surface area contributed by atoms with Crippen molar-refractivity contribution in [2.75, 3.05) is 24.7 Å². The third kappa shape index (κ3) is 8.09. The summed E-state index contributed by atoms with van der Waals surface area (Å²) in [6, 6.07) is 0. The van der Waals surface area contributed by atoms with Gasteiger partial charge in [0.05, 0.1) is 20.1 Å². The zero-order valence-electron chi connectivity index (χ0n) is 14.8. The van der Waals surface area contributed by atoms with Gasteiger partial charge in [-0.25, -0.2) is 9.59 Å². The maximum absolute atomic E-state index is 11.0. The molecule has 0 aliphatic rings. The zero-order valence-corrected chi connectivity index (χ0v) is 19.4. The van der Waals surface area contributed by atoms with Crippen molar-refractivity contribution < 1.29 is 19.1 Å². The molecule has 1 rings (SSSR count). The van der Waals surface area contributed by atoms with Gasteiger partial charge in [-0.05, 0) is 0 Å². The Morgan fingerprint density at radius 2 is 1.07 bits per heavy atom. The van der Waals surface area contributed by atoms with Crippen LogP contribution >= 0.6 is 69.9 Å². The monoisotopic (exact) mass is 502 g/mol. The van der Waals surface area contributed by atoms with E-state index in [9.17, 15) is 9.59 Å². The van der Waals surface area contributed by atoms with Gasteiger partial charge in [-0.15, -0.1) is 0 Å². The molecular weight excluding hydrogens is 486 g/mol. The predicted molar refractivity (Wildman–Crippen MR) is 121 cm³/mol. The predicted octanol–water partition coefficient (Wildman–Crippen LogP) is 6.23. The van der Waals surface area contributed by atoms with Gasteiger partial charge in [-0.3, -0.25) is 0 Å². The topological polar surface area (TPSA) is 52.6 Å². The minimum atomic E-state index is -0.469. The minimum Gasteiger partial charge on any atom is -0.462 e. The average molecular weight is 504 g/mol. The third-order valence-electron chi connectivity index (χ3n) is 3.22. The average Bonchev–Trinajstić information content (AvgIpc) is 2.69. The standard InChI is InChI=1S/C18H18Cl4O4S2/c1-3-13(23)25-5-7-27-9-11-15(19)17(21)12(18(22)16(11)20)10-28-8-6-26-14(24)4-2/h3-4H,1-2,5-10H2. The maximum atomic E-state index is 11.0. The first kappa shape index (κ1) is 25.5. The Labute approximate surface area is 192 Å². The molecule has 0 saturated carbocycles. The molecular formula is C18H18Cl4O4S2. The molecule has 0 aliphatic carbocycles. The van der Waals surface area contributed by atoms with Crippen LogP contribution in [0.15, 0.2) is 25.3 Å². The van der Waals surface area contributed by atoms with Crippen molar-refractivity contribution in [1.82, 2.24) is 0 Å². The van der Waals surface area contributed by atoms with Gasteiger partial charge in [0.1, 0.15) is 13.2 Å². The number of ether oxygens (including phenoxy) is 2. The van der Waals surface area contributed by atoms with Crippen molar-refractivity contribution in [3.05, 3.63) is 56.5 Å². The van der Waals surface area contributed by atoms with Crippen LogP contribution in [0.4, 0.5) is 0 Å². The van der Waals surface area contributed by atoms with Crippen LogP contribution in [0.1, 0.15) is 11.1 Å². The number of hydrogen-bond donors (Lipinski definition) is 0. The normalized spacial score (nSPS) is 10.4. The molecule has 0 radical (unpaired) electrons. The molecule has 0 atom stereocenters. The highest BCUT2D eigenvalue weighted by Gasteiger charge is 2.20. The molecule has 0 saturated heterocycles. The van der Waals surface area contributed by atoms with E-state index in [1.54, 1.807) is 0 Å². The zero-order chi connectivity index (χ0) is 21.1. The Kier molecular flexibility index (Phi) is 12.5. The Morgan fingerprint density at radius 1 is 0.750 bits per heavy atom. The highest BCUT2D eigenvalue weighted by molar-refractivity contribution is 7.98. The number of hydrogen-bond acceptors (Lipinski definition) is 6. The van der Waals surface area contributed by atoms with Crippen molar-refractivity contribution in [2.24, 2.45) is 0 Å². The van der Waals surface area contributed by atoms with Crippen molar-refractivity contribution in [3.8, 4) is 0 Å². The van der Waals surface area contributed by atoms with E-state index in [2.05, 4.69) is 13.2 Å². The Morgan fingerprint density at radius 3 is 1.36 bits per heavy atom. The van der Waals surface area contributed by atoms with E-state index in [1.807, 2.05) is 0 Å². The molecule has 4 nitrogen and oxygen atoms in total. The van der Waals surface area contributed by atoms with E-state index in [1.165, 1.54) is 23.5 Å². The summed E-state index contributed by atoms with van der Waals surface area (Å²) < 4.78 is 9.81. The first-order chi connectivity index (χ1) is 13.3. The molecule has 10 heteroatoms. The lowest BCUT2D eigenvalue weighted by Crippen LogP contribution is -2.04. The molecule has 0 spiro atoms. The second-order valence-corrected chi connectivity index (χ2v) is 8.78. The lowest BCUT2D eigenvalue weighted by atomic mass is 10.1. The van der Waals surface area contributed by atoms with Gasteiger partial charge < -0.3 is 9.47 Å². The van der Waals surface area contributed by atoms with Gasteiger partial charge in [0.25, 0.3) is 0 Å². The van der Waals surface area contributed by atoms with E-state index in [-0.39, 0.29) is 13.2 Å². The minimum absolute atomic E-state index is 0.247. The summed E-state index contributed by atoms with van der Waals surface area (Å²) in [4.78, 5) is 22.0. The largest absolute Gasteiger partial charge is 0.462 e. The first-order valence-electron chi connectivity index (χ1n) is 7.91. The van der Waals surface area contributed by atoms with E-state index in [0.717, 1.165) is 12.2 Å². The van der Waals surface area contributed by atoms with E-state index in [0.29, 0.717) is 54.2 Å². The van der Waals surface area contributed by atoms with Crippen LogP contribution in [-0.4, -0.2) is 36.7 Å². The summed E-state index contributed by atoms with van der Waals surface area (Å²) >= 11 is 28.5. The maximum Gasteiger partial charge on any atom is 0.330 e. The number of carbonyl (C=O) groups excluding carboxylic acids is 2. The van der Waals surface area contributed by atoms with Crippen LogP contribution in [0, 0.1) is 0 Å². The van der Waals surface area contributed by atoms with Gasteiger partial charge in [0.2, 0.25) is 0 Å². The molecule has 154 valence electrons. The van der Waals surface area contributed by atoms with Crippen molar-refractivity contribution in [2.45, 2.75) is 11.5 Å². The van der Waals surface area contributed by atoms with Crippen LogP contribution in [0.5, 0.6) is 0 Å². The fourth-order valence-electron chi connectivity index (χ4n) is 1.84. The second kappa shape index (κ2) is 13.7. The fraction of sp³-hybridized carbons (Fsp3) is 0.333. The number of benzene rings is 1. The molecule has 0 amide bonds. The van der Waals surface area contributed by atoms with Crippen LogP contribution in [0.3, 0.4) is 0 Å². The fourth-order valence-corrected chi connectivity index (χ4v) is 5.04. The Bertz CT molecular complexity index is 651. The molecule has 0 bridgehead atoms. The van der Waals surface area contributed by atoms with Gasteiger partial charge in [0.15, 0.2) is 0 Å². The van der Waals surface area contributed by atoms with Crippen molar-refractivity contribution >= 4 is 81.9 Å². The summed E-state index contributed by atoms with van der Waals surface area (Å²) in [5, 5.41) is 1.39. The van der Waals surface area contributed by atoms with Gasteiger partial charge >= 0.3 is 11.9 Å². The van der Waals surface area contributed by atoms with Crippen LogP contribution in [-0.2, 0) is 30.6 Å². The van der Waals surface area contributed by atoms with E-state index in [4.69, 9.17) is 55.9 Å². The molecule has 0 aromatic heterocycles. The summed E-state index contributed by atoms with van der Waals surface area (Å²) in [6.45, 7) is 7.15. The van der Waals surface area contributed by atoms with Gasteiger partial charge in [-0.2, -0.15) is 23.5 Å². The number of thioether (sulfide) groups is 2. The summed E-state index contributed by atoms with van der Waals surface area (Å²) in [7, 11) is 0. The first-order valence-corrected chi connectivity index (χ1v) is 11.7. The lowest BCUT2D eigenvalue weighted by molar-refractivity contribution is -0.138. The molecule has 0 aliphatic heterocycles. The van der Waals surface area contributed by atoms with Gasteiger partial charge in [-0.1, -0.05) is 59.6 Å². The van der Waals surface area contributed by atoms with Crippen molar-refractivity contribution in [1.29, 1.82) is 0 Å². The highest BCUT2D eigenvalue weighted by Crippen LogP contribution is 2.43. The number of halogens is 4. The SMILES string of the molecule is C=CC(=O)OCCSCc1c(Cl)c(Cl)c(CSCCOC(=O)C=C)c(Cl)c1Cl. The molecule has 0 N–H and O–H groups in total. The molecule has 28 heavy (non-hydrogen) atoms. The smallest absolute Gasteiger partial charge is 0.330 e. The summed E-state index contributed by atoms with van der Waals surface area (Å²) in [6.07, 6.45) is 2.22. The van der Waals surface area contributed by atoms with E-state index >= 15 is 0 Å². The third-order valence-corrected chi connectivity index (χ3v) is 6.97. The Balaban J connectivity index is 2.65. The van der Waals surface area contributed by atoms with Crippen LogP contribution < -0.4 is 0 Å². The number of rotatable bonds is 12. The quantitative estimate of drug-likeness (QED) is 0.146. The van der Waals surface area contributed by atoms with Crippen LogP contribution in [0.25, 0.3) is 0 Å². The van der Waals surface area contributed by atoms with Crippen LogP contribution in [0.2, 0.25) is 20.1 Å². The molecule has 0 unspecified atom stereocenters. The molecule has 1 aromatic carbocycles. The molecule has 1 aromatic rings. The molecule has 0 heterocycles. The van der Waals surface area contributed by atoms with Crippen molar-refractivity contribution in [3.63, 3.8) is 0 Å². The highest BCUT2D eigenvalue weighted by atomic mass is 35.5. The summed E-state index contributed by atoms with van der Waals surface area (Å²) in [5.41, 5.74) is 1.26. The second-order valence-electron chi connectivity index (χ2n) is 5.06. The number of carbonyl (C=O) groups is 2. The molecule has 0 fully saturated rings.